The van der Waals surface area contributed by atoms with Gasteiger partial charge in [-0.05, 0) is 74.0 Å². The molecule has 4 rings (SSSR count). The van der Waals surface area contributed by atoms with Gasteiger partial charge in [-0.25, -0.2) is 12.7 Å². The molecule has 0 spiro atoms. The Morgan fingerprint density at radius 1 is 1.08 bits per heavy atom. The zero-order valence-corrected chi connectivity index (χ0v) is 21.9. The highest BCUT2D eigenvalue weighted by Crippen LogP contribution is 2.36. The summed E-state index contributed by atoms with van der Waals surface area (Å²) < 4.78 is 37.2. The van der Waals surface area contributed by atoms with Gasteiger partial charge in [0.05, 0.1) is 17.1 Å². The first kappa shape index (κ1) is 26.2. The van der Waals surface area contributed by atoms with E-state index in [0.29, 0.717) is 29.2 Å². The molecule has 0 radical (unpaired) electrons. The highest BCUT2D eigenvalue weighted by atomic mass is 32.2. The average molecular weight is 524 g/mol. The van der Waals surface area contributed by atoms with Crippen molar-refractivity contribution in [3.63, 3.8) is 0 Å². The number of benzene rings is 3. The van der Waals surface area contributed by atoms with Crippen LogP contribution >= 0.6 is 0 Å². The molecule has 1 aliphatic rings. The second kappa shape index (κ2) is 10.6. The molecule has 0 saturated heterocycles. The highest BCUT2D eigenvalue weighted by Gasteiger charge is 2.31. The van der Waals surface area contributed by atoms with Gasteiger partial charge < -0.3 is 19.7 Å². The Morgan fingerprint density at radius 2 is 1.81 bits per heavy atom. The predicted molar refractivity (Wildman–Crippen MR) is 141 cm³/mol. The van der Waals surface area contributed by atoms with E-state index >= 15 is 0 Å². The molecule has 0 aromatic heterocycles. The first-order chi connectivity index (χ1) is 17.6. The maximum Gasteiger partial charge on any atom is 0.267 e. The standard InChI is InChI=1S/C27H29N3O6S/c1-18-6-5-7-22(16-18)35-15-14-30-24-17-21(10-13-25(24)36-19(2)27(30)32)28-26(31)20-8-11-23(12-9-20)37(33,34)29(3)4/h5-13,16-17,19H,14-15H2,1-4H3,(H,28,31). The number of hydrogen-bond donors (Lipinski definition) is 1. The summed E-state index contributed by atoms with van der Waals surface area (Å²) in [6.07, 6.45) is -0.649. The van der Waals surface area contributed by atoms with Crippen LogP contribution in [0.5, 0.6) is 11.5 Å². The first-order valence-electron chi connectivity index (χ1n) is 11.7. The van der Waals surface area contributed by atoms with Crippen molar-refractivity contribution in [3.05, 3.63) is 77.9 Å². The van der Waals surface area contributed by atoms with Crippen LogP contribution in [0, 0.1) is 6.92 Å². The number of sulfonamides is 1. The van der Waals surface area contributed by atoms with Gasteiger partial charge in [0.25, 0.3) is 11.8 Å². The summed E-state index contributed by atoms with van der Waals surface area (Å²) in [6, 6.07) is 18.4. The number of aryl methyl sites for hydroxylation is 1. The zero-order chi connectivity index (χ0) is 26.7. The van der Waals surface area contributed by atoms with Gasteiger partial charge in [0.1, 0.15) is 18.1 Å². The van der Waals surface area contributed by atoms with Crippen molar-refractivity contribution in [1.82, 2.24) is 4.31 Å². The molecule has 1 N–H and O–H groups in total. The molecule has 3 aromatic rings. The number of fused-ring (bicyclic) bond motifs is 1. The number of carbonyl (C=O) groups excluding carboxylic acids is 2. The highest BCUT2D eigenvalue weighted by molar-refractivity contribution is 7.89. The number of nitrogens with one attached hydrogen (secondary N) is 1. The van der Waals surface area contributed by atoms with Crippen molar-refractivity contribution in [1.29, 1.82) is 0 Å². The maximum absolute atomic E-state index is 12.9. The topological polar surface area (TPSA) is 105 Å². The molecule has 2 amide bonds. The van der Waals surface area contributed by atoms with Gasteiger partial charge in [0, 0.05) is 25.3 Å². The average Bonchev–Trinajstić information content (AvgIpc) is 2.86. The Morgan fingerprint density at radius 3 is 2.49 bits per heavy atom. The Kier molecular flexibility index (Phi) is 7.51. The normalized spacial score (nSPS) is 15.2. The molecule has 10 heteroatoms. The summed E-state index contributed by atoms with van der Waals surface area (Å²) in [6.45, 7) is 4.24. The third kappa shape index (κ3) is 5.76. The number of nitrogens with zero attached hydrogens (tertiary/aromatic N) is 2. The van der Waals surface area contributed by atoms with Crippen LogP contribution in [0.3, 0.4) is 0 Å². The van der Waals surface area contributed by atoms with E-state index in [1.165, 1.54) is 38.4 Å². The third-order valence-corrected chi connectivity index (χ3v) is 7.72. The van der Waals surface area contributed by atoms with Crippen LogP contribution in [0.2, 0.25) is 0 Å². The number of hydrogen-bond acceptors (Lipinski definition) is 6. The van der Waals surface area contributed by atoms with Crippen molar-refractivity contribution in [2.45, 2.75) is 24.8 Å². The molecule has 0 fully saturated rings. The van der Waals surface area contributed by atoms with E-state index in [2.05, 4.69) is 5.32 Å². The van der Waals surface area contributed by atoms with E-state index < -0.39 is 22.0 Å². The van der Waals surface area contributed by atoms with Crippen LogP contribution in [0.4, 0.5) is 11.4 Å². The summed E-state index contributed by atoms with van der Waals surface area (Å²) in [5.74, 6) is 0.624. The van der Waals surface area contributed by atoms with E-state index in [1.54, 1.807) is 30.0 Å². The summed E-state index contributed by atoms with van der Waals surface area (Å²) >= 11 is 0. The Balaban J connectivity index is 1.49. The molecule has 37 heavy (non-hydrogen) atoms. The minimum atomic E-state index is -3.59. The van der Waals surface area contributed by atoms with Crippen molar-refractivity contribution in [3.8, 4) is 11.5 Å². The fourth-order valence-electron chi connectivity index (χ4n) is 3.87. The second-order valence-corrected chi connectivity index (χ2v) is 11.0. The molecule has 0 bridgehead atoms. The van der Waals surface area contributed by atoms with Gasteiger partial charge in [-0.15, -0.1) is 0 Å². The minimum Gasteiger partial charge on any atom is -0.492 e. The molecule has 0 aliphatic carbocycles. The van der Waals surface area contributed by atoms with Crippen LogP contribution in [-0.2, 0) is 14.8 Å². The number of anilines is 2. The van der Waals surface area contributed by atoms with E-state index in [1.807, 2.05) is 31.2 Å². The summed E-state index contributed by atoms with van der Waals surface area (Å²) in [5, 5.41) is 2.80. The van der Waals surface area contributed by atoms with E-state index in [0.717, 1.165) is 15.6 Å². The lowest BCUT2D eigenvalue weighted by atomic mass is 10.1. The van der Waals surface area contributed by atoms with Gasteiger partial charge in [-0.1, -0.05) is 12.1 Å². The largest absolute Gasteiger partial charge is 0.492 e. The van der Waals surface area contributed by atoms with Crippen molar-refractivity contribution < 1.29 is 27.5 Å². The lowest BCUT2D eigenvalue weighted by Crippen LogP contribution is -2.46. The Hall–Kier alpha value is -3.89. The quantitative estimate of drug-likeness (QED) is 0.483. The molecule has 1 heterocycles. The van der Waals surface area contributed by atoms with Crippen LogP contribution in [0.25, 0.3) is 0 Å². The van der Waals surface area contributed by atoms with Crippen LogP contribution < -0.4 is 19.7 Å². The van der Waals surface area contributed by atoms with Gasteiger partial charge in [-0.2, -0.15) is 0 Å². The summed E-state index contributed by atoms with van der Waals surface area (Å²) in [4.78, 5) is 27.4. The predicted octanol–water partition coefficient (Wildman–Crippen LogP) is 3.69. The van der Waals surface area contributed by atoms with Gasteiger partial charge in [0.15, 0.2) is 6.10 Å². The van der Waals surface area contributed by atoms with Gasteiger partial charge >= 0.3 is 0 Å². The smallest absolute Gasteiger partial charge is 0.267 e. The van der Waals surface area contributed by atoms with Crippen LogP contribution in [0.15, 0.2) is 71.6 Å². The fraction of sp³-hybridized carbons (Fsp3) is 0.259. The molecule has 0 saturated carbocycles. The van der Waals surface area contributed by atoms with Gasteiger partial charge in [0.2, 0.25) is 10.0 Å². The Bertz CT molecular complexity index is 1420. The van der Waals surface area contributed by atoms with E-state index in [-0.39, 0.29) is 17.4 Å². The van der Waals surface area contributed by atoms with E-state index in [4.69, 9.17) is 9.47 Å². The number of carbonyl (C=O) groups is 2. The second-order valence-electron chi connectivity index (χ2n) is 8.86. The maximum atomic E-state index is 12.9. The van der Waals surface area contributed by atoms with Gasteiger partial charge in [-0.3, -0.25) is 9.59 Å². The summed E-state index contributed by atoms with van der Waals surface area (Å²) in [7, 11) is -0.705. The molecular weight excluding hydrogens is 494 g/mol. The molecular formula is C27H29N3O6S. The van der Waals surface area contributed by atoms with Crippen molar-refractivity contribution in [2.75, 3.05) is 37.5 Å². The monoisotopic (exact) mass is 523 g/mol. The lowest BCUT2D eigenvalue weighted by Gasteiger charge is -2.33. The molecule has 194 valence electrons. The molecule has 1 atom stereocenters. The number of ether oxygens (including phenoxy) is 2. The molecule has 9 nitrogen and oxygen atoms in total. The third-order valence-electron chi connectivity index (χ3n) is 5.89. The number of amides is 2. The van der Waals surface area contributed by atoms with Crippen LogP contribution in [0.1, 0.15) is 22.8 Å². The molecule has 1 aliphatic heterocycles. The fourth-order valence-corrected chi connectivity index (χ4v) is 4.77. The molecule has 3 aromatic carbocycles. The summed E-state index contributed by atoms with van der Waals surface area (Å²) in [5.41, 5.74) is 2.36. The van der Waals surface area contributed by atoms with E-state index in [9.17, 15) is 18.0 Å². The number of rotatable bonds is 8. The zero-order valence-electron chi connectivity index (χ0n) is 21.1. The van der Waals surface area contributed by atoms with Crippen LogP contribution in [-0.4, -0.2) is 57.9 Å². The molecule has 1 unspecified atom stereocenters. The minimum absolute atomic E-state index is 0.0936. The Labute approximate surface area is 216 Å². The first-order valence-corrected chi connectivity index (χ1v) is 13.2. The van der Waals surface area contributed by atoms with Crippen molar-refractivity contribution >= 4 is 33.2 Å². The van der Waals surface area contributed by atoms with Crippen molar-refractivity contribution in [2.24, 2.45) is 0 Å². The SMILES string of the molecule is Cc1cccc(OCCN2C(=O)C(C)Oc3ccc(NC(=O)c4ccc(S(=O)(=O)N(C)C)cc4)cc32)c1. The lowest BCUT2D eigenvalue weighted by molar-refractivity contribution is -0.125.